The van der Waals surface area contributed by atoms with Crippen molar-refractivity contribution in [3.8, 4) is 17.2 Å². The molecule has 0 N–H and O–H groups in total. The molecule has 240 valence electrons. The number of rotatable bonds is 11. The highest BCUT2D eigenvalue weighted by Crippen LogP contribution is 2.39. The first-order valence-corrected chi connectivity index (χ1v) is 16.5. The van der Waals surface area contributed by atoms with E-state index in [2.05, 4.69) is 46.3 Å². The molecule has 2 aliphatic heterocycles. The Morgan fingerprint density at radius 3 is 2.47 bits per heavy atom. The Morgan fingerprint density at radius 2 is 1.68 bits per heavy atom. The van der Waals surface area contributed by atoms with Gasteiger partial charge in [-0.3, -0.25) is 4.90 Å². The number of halogens is 2. The SMILES string of the molecule is Clc1cc(Cl)cc([C@@]2(Cn3ccnc3)OC[C@H](COc3ccc4c(c3)CCN(CC=Cc3ccc(Oc5ccccc5)cc3)C4)O2)c1. The molecular weight excluding hydrogens is 633 g/mol. The summed E-state index contributed by atoms with van der Waals surface area (Å²) in [5, 5.41) is 1.04. The molecule has 0 unspecified atom stereocenters. The van der Waals surface area contributed by atoms with Crippen LogP contribution in [-0.4, -0.2) is 46.9 Å². The number of hydrogen-bond acceptors (Lipinski definition) is 6. The summed E-state index contributed by atoms with van der Waals surface area (Å²) in [4.78, 5) is 6.62. The van der Waals surface area contributed by atoms with Gasteiger partial charge in [-0.1, -0.05) is 71.8 Å². The van der Waals surface area contributed by atoms with Crippen molar-refractivity contribution in [1.29, 1.82) is 0 Å². The summed E-state index contributed by atoms with van der Waals surface area (Å²) in [6, 6.07) is 29.7. The third kappa shape index (κ3) is 7.89. The largest absolute Gasteiger partial charge is 0.491 e. The second kappa shape index (κ2) is 14.3. The van der Waals surface area contributed by atoms with Gasteiger partial charge in [0.1, 0.15) is 30.0 Å². The fraction of sp³-hybridized carbons (Fsp3) is 0.237. The van der Waals surface area contributed by atoms with E-state index in [1.54, 1.807) is 18.6 Å². The van der Waals surface area contributed by atoms with Crippen LogP contribution in [0.5, 0.6) is 17.2 Å². The molecule has 0 aliphatic carbocycles. The van der Waals surface area contributed by atoms with Gasteiger partial charge in [0.15, 0.2) is 0 Å². The van der Waals surface area contributed by atoms with Crippen LogP contribution in [0.25, 0.3) is 6.08 Å². The third-order valence-electron chi connectivity index (χ3n) is 8.35. The minimum absolute atomic E-state index is 0.276. The summed E-state index contributed by atoms with van der Waals surface area (Å²) >= 11 is 12.7. The fourth-order valence-corrected chi connectivity index (χ4v) is 6.52. The van der Waals surface area contributed by atoms with Gasteiger partial charge in [-0.25, -0.2) is 4.98 Å². The van der Waals surface area contributed by atoms with E-state index in [4.69, 9.17) is 42.1 Å². The molecule has 9 heteroatoms. The zero-order chi connectivity index (χ0) is 32.1. The number of benzene rings is 4. The Balaban J connectivity index is 0.919. The summed E-state index contributed by atoms with van der Waals surface area (Å²) in [6.45, 7) is 3.91. The first kappa shape index (κ1) is 31.5. The second-order valence-electron chi connectivity index (χ2n) is 11.8. The lowest BCUT2D eigenvalue weighted by Crippen LogP contribution is -2.34. The number of ether oxygens (including phenoxy) is 4. The Labute approximate surface area is 284 Å². The summed E-state index contributed by atoms with van der Waals surface area (Å²) in [5.74, 6) is 1.44. The highest BCUT2D eigenvalue weighted by Gasteiger charge is 2.44. The first-order chi connectivity index (χ1) is 23.0. The number of aromatic nitrogens is 2. The van der Waals surface area contributed by atoms with E-state index < -0.39 is 5.79 Å². The monoisotopic (exact) mass is 667 g/mol. The van der Waals surface area contributed by atoms with Crippen molar-refractivity contribution in [2.45, 2.75) is 31.4 Å². The van der Waals surface area contributed by atoms with Crippen molar-refractivity contribution < 1.29 is 18.9 Å². The molecule has 0 amide bonds. The highest BCUT2D eigenvalue weighted by molar-refractivity contribution is 6.34. The number of imidazole rings is 1. The average molecular weight is 669 g/mol. The Hall–Kier alpha value is -4.11. The molecule has 7 nitrogen and oxygen atoms in total. The molecule has 2 aliphatic rings. The van der Waals surface area contributed by atoms with Crippen molar-refractivity contribution in [2.75, 3.05) is 26.3 Å². The molecule has 47 heavy (non-hydrogen) atoms. The molecule has 0 spiro atoms. The summed E-state index contributed by atoms with van der Waals surface area (Å²) < 4.78 is 26.9. The number of hydrogen-bond donors (Lipinski definition) is 0. The molecule has 0 radical (unpaired) electrons. The van der Waals surface area contributed by atoms with Gasteiger partial charge in [0.05, 0.1) is 19.5 Å². The van der Waals surface area contributed by atoms with E-state index in [1.807, 2.05) is 71.4 Å². The maximum Gasteiger partial charge on any atom is 0.214 e. The van der Waals surface area contributed by atoms with E-state index >= 15 is 0 Å². The molecule has 1 saturated heterocycles. The van der Waals surface area contributed by atoms with Crippen molar-refractivity contribution in [3.05, 3.63) is 148 Å². The van der Waals surface area contributed by atoms with Gasteiger partial charge in [0.25, 0.3) is 0 Å². The first-order valence-electron chi connectivity index (χ1n) is 15.7. The lowest BCUT2D eigenvalue weighted by Gasteiger charge is -2.29. The van der Waals surface area contributed by atoms with Gasteiger partial charge in [-0.2, -0.15) is 0 Å². The van der Waals surface area contributed by atoms with Gasteiger partial charge in [-0.05, 0) is 77.7 Å². The summed E-state index contributed by atoms with van der Waals surface area (Å²) in [6.07, 6.45) is 10.4. The molecule has 5 aromatic rings. The number of nitrogens with zero attached hydrogens (tertiary/aromatic N) is 3. The van der Waals surface area contributed by atoms with E-state index in [0.29, 0.717) is 29.8 Å². The standard InChI is InChI=1S/C38H35Cl2N3O4/c39-32-20-31(21-33(40)22-32)38(26-43-18-15-41-27-43)45-25-37(47-38)24-44-36-13-10-30-23-42(17-14-29(30)19-36)16-4-5-28-8-11-35(12-9-28)46-34-6-2-1-3-7-34/h1-13,15,18-22,27,37H,14,16-17,23-26H2/t37-,38-/m0/s1. The van der Waals surface area contributed by atoms with E-state index in [1.165, 1.54) is 11.1 Å². The van der Waals surface area contributed by atoms with Crippen LogP contribution < -0.4 is 9.47 Å². The molecule has 0 saturated carbocycles. The lowest BCUT2D eigenvalue weighted by atomic mass is 9.99. The second-order valence-corrected chi connectivity index (χ2v) is 12.7. The van der Waals surface area contributed by atoms with Crippen LogP contribution in [0.1, 0.15) is 22.3 Å². The van der Waals surface area contributed by atoms with Crippen LogP contribution in [0.2, 0.25) is 10.0 Å². The Bertz CT molecular complexity index is 1790. The van der Waals surface area contributed by atoms with Crippen molar-refractivity contribution in [2.24, 2.45) is 0 Å². The van der Waals surface area contributed by atoms with Crippen LogP contribution >= 0.6 is 23.2 Å². The summed E-state index contributed by atoms with van der Waals surface area (Å²) in [7, 11) is 0. The smallest absolute Gasteiger partial charge is 0.214 e. The minimum Gasteiger partial charge on any atom is -0.491 e. The van der Waals surface area contributed by atoms with E-state index in [-0.39, 0.29) is 6.10 Å². The van der Waals surface area contributed by atoms with Gasteiger partial charge >= 0.3 is 0 Å². The van der Waals surface area contributed by atoms with Crippen LogP contribution in [-0.2, 0) is 34.8 Å². The highest BCUT2D eigenvalue weighted by atomic mass is 35.5. The Kier molecular flexibility index (Phi) is 9.61. The topological polar surface area (TPSA) is 58.0 Å². The molecule has 3 heterocycles. The van der Waals surface area contributed by atoms with Crippen molar-refractivity contribution in [3.63, 3.8) is 0 Å². The molecular formula is C38H35Cl2N3O4. The van der Waals surface area contributed by atoms with Gasteiger partial charge < -0.3 is 23.5 Å². The molecule has 4 aromatic carbocycles. The van der Waals surface area contributed by atoms with Crippen LogP contribution in [0.15, 0.2) is 116 Å². The quantitative estimate of drug-likeness (QED) is 0.141. The number of fused-ring (bicyclic) bond motifs is 1. The predicted molar refractivity (Wildman–Crippen MR) is 184 cm³/mol. The third-order valence-corrected chi connectivity index (χ3v) is 8.79. The average Bonchev–Trinajstić information content (AvgIpc) is 3.75. The molecule has 7 rings (SSSR count). The maximum atomic E-state index is 6.53. The van der Waals surface area contributed by atoms with Crippen molar-refractivity contribution in [1.82, 2.24) is 14.5 Å². The van der Waals surface area contributed by atoms with Gasteiger partial charge in [-0.15, -0.1) is 0 Å². The van der Waals surface area contributed by atoms with Crippen molar-refractivity contribution >= 4 is 29.3 Å². The van der Waals surface area contributed by atoms with Gasteiger partial charge in [0, 0.05) is 47.6 Å². The van der Waals surface area contributed by atoms with Crippen LogP contribution in [0.4, 0.5) is 0 Å². The molecule has 0 bridgehead atoms. The normalized spacial score (nSPS) is 19.6. The zero-order valence-corrected chi connectivity index (χ0v) is 27.3. The van der Waals surface area contributed by atoms with Crippen LogP contribution in [0, 0.1) is 0 Å². The van der Waals surface area contributed by atoms with E-state index in [0.717, 1.165) is 54.4 Å². The van der Waals surface area contributed by atoms with E-state index in [9.17, 15) is 0 Å². The fourth-order valence-electron chi connectivity index (χ4n) is 6.00. The lowest BCUT2D eigenvalue weighted by molar-refractivity contribution is -0.189. The number of para-hydroxylation sites is 1. The Morgan fingerprint density at radius 1 is 0.894 bits per heavy atom. The molecule has 1 fully saturated rings. The van der Waals surface area contributed by atoms with Gasteiger partial charge in [0.2, 0.25) is 5.79 Å². The predicted octanol–water partition coefficient (Wildman–Crippen LogP) is 8.40. The minimum atomic E-state index is -1.06. The molecule has 1 aromatic heterocycles. The zero-order valence-electron chi connectivity index (χ0n) is 25.8. The maximum absolute atomic E-state index is 6.53. The van der Waals surface area contributed by atoms with Crippen LogP contribution in [0.3, 0.4) is 0 Å². The molecule has 2 atom stereocenters. The summed E-state index contributed by atoms with van der Waals surface area (Å²) in [5.41, 5.74) is 4.56.